The molecular formula is C17H20N2O4S. The molecule has 24 heavy (non-hydrogen) atoms. The Kier molecular flexibility index (Phi) is 5.30. The van der Waals surface area contributed by atoms with E-state index in [2.05, 4.69) is 4.98 Å². The van der Waals surface area contributed by atoms with E-state index in [0.717, 1.165) is 25.7 Å². The number of amides is 1. The fourth-order valence-corrected chi connectivity index (χ4v) is 3.68. The lowest BCUT2D eigenvalue weighted by Gasteiger charge is -2.33. The van der Waals surface area contributed by atoms with Gasteiger partial charge in [0.05, 0.1) is 6.26 Å². The van der Waals surface area contributed by atoms with Gasteiger partial charge in [-0.15, -0.1) is 11.3 Å². The Bertz CT molecular complexity index is 663. The molecule has 0 unspecified atom stereocenters. The molecule has 0 radical (unpaired) electrons. The lowest BCUT2D eigenvalue weighted by molar-refractivity contribution is -0.127. The van der Waals surface area contributed by atoms with Crippen LogP contribution < -0.4 is 4.90 Å². The lowest BCUT2D eigenvalue weighted by Crippen LogP contribution is -2.47. The van der Waals surface area contributed by atoms with Crippen LogP contribution in [0.5, 0.6) is 0 Å². The third-order valence-corrected chi connectivity index (χ3v) is 4.93. The summed E-state index contributed by atoms with van der Waals surface area (Å²) in [5.41, 5.74) is 0. The van der Waals surface area contributed by atoms with Crippen molar-refractivity contribution in [2.75, 3.05) is 4.90 Å². The third-order valence-electron chi connectivity index (χ3n) is 4.16. The van der Waals surface area contributed by atoms with Gasteiger partial charge in [0, 0.05) is 17.6 Å². The van der Waals surface area contributed by atoms with Gasteiger partial charge in [0.2, 0.25) is 5.76 Å². The van der Waals surface area contributed by atoms with Crippen LogP contribution in [0.15, 0.2) is 34.4 Å². The monoisotopic (exact) mass is 348 g/mol. The molecule has 2 aromatic rings. The van der Waals surface area contributed by atoms with Gasteiger partial charge in [-0.25, -0.2) is 9.78 Å². The summed E-state index contributed by atoms with van der Waals surface area (Å²) < 4.78 is 10.3. The number of carbonyl (C=O) groups excluding carboxylic acids is 2. The van der Waals surface area contributed by atoms with Crippen LogP contribution in [-0.4, -0.2) is 29.0 Å². The molecule has 0 aromatic carbocycles. The van der Waals surface area contributed by atoms with E-state index in [1.54, 1.807) is 24.1 Å². The smallest absolute Gasteiger partial charge is 0.374 e. The summed E-state index contributed by atoms with van der Waals surface area (Å²) in [6, 6.07) is 3.23. The molecule has 1 aliphatic carbocycles. The largest absolute Gasteiger partial charge is 0.457 e. The molecule has 128 valence electrons. The Balaban J connectivity index is 1.74. The minimum atomic E-state index is -0.895. The van der Waals surface area contributed by atoms with Gasteiger partial charge < -0.3 is 9.15 Å². The number of anilines is 1. The minimum Gasteiger partial charge on any atom is -0.457 e. The second-order valence-corrected chi connectivity index (χ2v) is 6.71. The van der Waals surface area contributed by atoms with Crippen LogP contribution in [0.3, 0.4) is 0 Å². The Morgan fingerprint density at radius 1 is 1.38 bits per heavy atom. The maximum Gasteiger partial charge on any atom is 0.374 e. The number of furan rings is 1. The molecule has 7 heteroatoms. The van der Waals surface area contributed by atoms with E-state index in [9.17, 15) is 9.59 Å². The van der Waals surface area contributed by atoms with Crippen LogP contribution >= 0.6 is 11.3 Å². The van der Waals surface area contributed by atoms with Gasteiger partial charge in [-0.05, 0) is 31.9 Å². The normalized spacial score (nSPS) is 16.5. The highest BCUT2D eigenvalue weighted by Gasteiger charge is 2.33. The number of hydrogen-bond donors (Lipinski definition) is 0. The summed E-state index contributed by atoms with van der Waals surface area (Å²) >= 11 is 1.42. The predicted molar refractivity (Wildman–Crippen MR) is 90.1 cm³/mol. The van der Waals surface area contributed by atoms with Crippen LogP contribution in [0.2, 0.25) is 0 Å². The third kappa shape index (κ3) is 3.67. The molecule has 1 aliphatic rings. The summed E-state index contributed by atoms with van der Waals surface area (Å²) in [5, 5.41) is 2.51. The van der Waals surface area contributed by atoms with Gasteiger partial charge in [-0.3, -0.25) is 9.69 Å². The first-order chi connectivity index (χ1) is 11.7. The van der Waals surface area contributed by atoms with Crippen LogP contribution in [-0.2, 0) is 9.53 Å². The van der Waals surface area contributed by atoms with Crippen molar-refractivity contribution in [1.29, 1.82) is 0 Å². The fraction of sp³-hybridized carbons (Fsp3) is 0.471. The van der Waals surface area contributed by atoms with Crippen molar-refractivity contribution in [2.24, 2.45) is 0 Å². The molecule has 1 fully saturated rings. The van der Waals surface area contributed by atoms with Crippen molar-refractivity contribution in [3.63, 3.8) is 0 Å². The Labute approximate surface area is 144 Å². The van der Waals surface area contributed by atoms with Gasteiger partial charge >= 0.3 is 5.97 Å². The number of esters is 1. The summed E-state index contributed by atoms with van der Waals surface area (Å²) in [6.45, 7) is 1.59. The molecule has 0 spiro atoms. The number of hydrogen-bond acceptors (Lipinski definition) is 6. The minimum absolute atomic E-state index is 0.0908. The molecule has 0 saturated heterocycles. The highest BCUT2D eigenvalue weighted by molar-refractivity contribution is 7.13. The van der Waals surface area contributed by atoms with Crippen molar-refractivity contribution in [3.8, 4) is 0 Å². The standard InChI is InChI=1S/C17H20N2O4S/c1-12(23-16(21)14-8-5-10-22-14)15(20)19(17-18-9-11-24-17)13-6-3-2-4-7-13/h5,8-13H,2-4,6-7H2,1H3/t12-/m1/s1. The summed E-state index contributed by atoms with van der Waals surface area (Å²) in [7, 11) is 0. The number of aromatic nitrogens is 1. The van der Waals surface area contributed by atoms with E-state index in [1.807, 2.05) is 5.38 Å². The summed E-state index contributed by atoms with van der Waals surface area (Å²) in [5.74, 6) is -0.784. The zero-order valence-corrected chi connectivity index (χ0v) is 14.3. The van der Waals surface area contributed by atoms with Crippen molar-refractivity contribution in [1.82, 2.24) is 4.98 Å². The molecule has 6 nitrogen and oxygen atoms in total. The molecule has 2 heterocycles. The molecule has 1 saturated carbocycles. The summed E-state index contributed by atoms with van der Waals surface area (Å²) in [4.78, 5) is 30.9. The van der Waals surface area contributed by atoms with Gasteiger partial charge in [0.1, 0.15) is 0 Å². The highest BCUT2D eigenvalue weighted by atomic mass is 32.1. The molecule has 1 amide bonds. The van der Waals surface area contributed by atoms with Gasteiger partial charge in [0.25, 0.3) is 5.91 Å². The Hall–Kier alpha value is -2.15. The van der Waals surface area contributed by atoms with Crippen LogP contribution in [0, 0.1) is 0 Å². The zero-order chi connectivity index (χ0) is 16.9. The maximum absolute atomic E-state index is 12.9. The molecule has 0 bridgehead atoms. The van der Waals surface area contributed by atoms with Crippen molar-refractivity contribution < 1.29 is 18.7 Å². The van der Waals surface area contributed by atoms with E-state index in [4.69, 9.17) is 9.15 Å². The quantitative estimate of drug-likeness (QED) is 0.771. The van der Waals surface area contributed by atoms with Crippen LogP contribution in [0.4, 0.5) is 5.13 Å². The van der Waals surface area contributed by atoms with E-state index in [-0.39, 0.29) is 17.7 Å². The first-order valence-corrected chi connectivity index (χ1v) is 9.02. The first kappa shape index (κ1) is 16.7. The number of ether oxygens (including phenoxy) is 1. The van der Waals surface area contributed by atoms with Crippen LogP contribution in [0.25, 0.3) is 0 Å². The molecule has 1 atom stereocenters. The van der Waals surface area contributed by atoms with Crippen LogP contribution in [0.1, 0.15) is 49.6 Å². The SMILES string of the molecule is C[C@@H](OC(=O)c1ccco1)C(=O)N(c1nccs1)C1CCCCC1. The molecular weight excluding hydrogens is 328 g/mol. The number of thiazole rings is 1. The van der Waals surface area contributed by atoms with Gasteiger partial charge in [-0.1, -0.05) is 19.3 Å². The van der Waals surface area contributed by atoms with Crippen molar-refractivity contribution in [3.05, 3.63) is 35.7 Å². The average molecular weight is 348 g/mol. The second kappa shape index (κ2) is 7.61. The second-order valence-electron chi connectivity index (χ2n) is 5.84. The number of rotatable bonds is 5. The van der Waals surface area contributed by atoms with Crippen molar-refractivity contribution >= 4 is 28.3 Å². The highest BCUT2D eigenvalue weighted by Crippen LogP contribution is 2.29. The zero-order valence-electron chi connectivity index (χ0n) is 13.5. The van der Waals surface area contributed by atoms with Gasteiger partial charge in [0.15, 0.2) is 11.2 Å². The van der Waals surface area contributed by atoms with E-state index >= 15 is 0 Å². The van der Waals surface area contributed by atoms with E-state index < -0.39 is 12.1 Å². The maximum atomic E-state index is 12.9. The molecule has 0 N–H and O–H groups in total. The lowest BCUT2D eigenvalue weighted by atomic mass is 9.94. The summed E-state index contributed by atoms with van der Waals surface area (Å²) in [6.07, 6.45) is 7.47. The Morgan fingerprint density at radius 3 is 2.79 bits per heavy atom. The predicted octanol–water partition coefficient (Wildman–Crippen LogP) is 3.65. The molecule has 2 aromatic heterocycles. The molecule has 3 rings (SSSR count). The average Bonchev–Trinajstić information content (AvgIpc) is 3.30. The molecule has 0 aliphatic heterocycles. The topological polar surface area (TPSA) is 72.6 Å². The van der Waals surface area contributed by atoms with E-state index in [0.29, 0.717) is 5.13 Å². The number of carbonyl (C=O) groups is 2. The van der Waals surface area contributed by atoms with E-state index in [1.165, 1.54) is 30.1 Å². The Morgan fingerprint density at radius 2 is 2.17 bits per heavy atom. The van der Waals surface area contributed by atoms with Gasteiger partial charge in [-0.2, -0.15) is 0 Å². The van der Waals surface area contributed by atoms with Crippen molar-refractivity contribution in [2.45, 2.75) is 51.2 Å². The first-order valence-electron chi connectivity index (χ1n) is 8.14. The number of nitrogens with zero attached hydrogens (tertiary/aromatic N) is 2. The fourth-order valence-electron chi connectivity index (χ4n) is 2.96.